The highest BCUT2D eigenvalue weighted by molar-refractivity contribution is 8.00. The van der Waals surface area contributed by atoms with E-state index < -0.39 is 16.8 Å². The number of carboxylic acid groups (broad SMARTS) is 1. The molecule has 0 radical (unpaired) electrons. The van der Waals surface area contributed by atoms with Crippen molar-refractivity contribution in [1.82, 2.24) is 4.90 Å². The number of benzene rings is 1. The predicted octanol–water partition coefficient (Wildman–Crippen LogP) is 3.03. The van der Waals surface area contributed by atoms with Crippen LogP contribution in [0, 0.1) is 16.0 Å². The van der Waals surface area contributed by atoms with Gasteiger partial charge >= 0.3 is 5.97 Å². The largest absolute Gasteiger partial charge is 0.481 e. The molecule has 7 nitrogen and oxygen atoms in total. The number of nitro groups is 1. The van der Waals surface area contributed by atoms with E-state index in [0.29, 0.717) is 24.3 Å². The first-order chi connectivity index (χ1) is 11.3. The molecule has 8 heteroatoms. The Morgan fingerprint density at radius 3 is 2.71 bits per heavy atom. The van der Waals surface area contributed by atoms with E-state index in [1.54, 1.807) is 6.07 Å². The van der Waals surface area contributed by atoms with Crippen molar-refractivity contribution in [3.8, 4) is 0 Å². The monoisotopic (exact) mass is 352 g/mol. The van der Waals surface area contributed by atoms with Crippen molar-refractivity contribution in [3.05, 3.63) is 33.9 Å². The molecule has 130 valence electrons. The molecule has 0 aliphatic carbocycles. The van der Waals surface area contributed by atoms with Crippen molar-refractivity contribution in [3.63, 3.8) is 0 Å². The highest BCUT2D eigenvalue weighted by Crippen LogP contribution is 2.31. The molecule has 1 atom stereocenters. The Labute approximate surface area is 144 Å². The Hall–Kier alpha value is -2.09. The van der Waals surface area contributed by atoms with Crippen LogP contribution in [0.5, 0.6) is 0 Å². The molecular formula is C16H20N2O5S. The summed E-state index contributed by atoms with van der Waals surface area (Å²) < 4.78 is 0. The van der Waals surface area contributed by atoms with Gasteiger partial charge in [-0.1, -0.05) is 13.8 Å². The number of hydrogen-bond donors (Lipinski definition) is 1. The number of nitrogens with zero attached hydrogens (tertiary/aromatic N) is 2. The first-order valence-electron chi connectivity index (χ1n) is 7.76. The Bertz CT molecular complexity index is 662. The van der Waals surface area contributed by atoms with Crippen molar-refractivity contribution >= 4 is 29.3 Å². The van der Waals surface area contributed by atoms with Crippen molar-refractivity contribution in [2.24, 2.45) is 5.92 Å². The van der Waals surface area contributed by atoms with E-state index in [4.69, 9.17) is 5.11 Å². The summed E-state index contributed by atoms with van der Waals surface area (Å²) in [6.45, 7) is 4.56. The number of rotatable bonds is 5. The van der Waals surface area contributed by atoms with Crippen LogP contribution < -0.4 is 0 Å². The number of hydrogen-bond acceptors (Lipinski definition) is 5. The molecule has 2 rings (SSSR count). The Balaban J connectivity index is 2.33. The molecular weight excluding hydrogens is 332 g/mol. The van der Waals surface area contributed by atoms with Gasteiger partial charge in [-0.25, -0.2) is 0 Å². The SMILES string of the molecule is CC(C)Sc1ccc([N+](=O)[O-])cc1C(=O)N1CCCC(C(=O)O)C1. The first-order valence-corrected chi connectivity index (χ1v) is 8.64. The molecule has 1 aliphatic rings. The lowest BCUT2D eigenvalue weighted by atomic mass is 9.97. The molecule has 0 saturated carbocycles. The zero-order chi connectivity index (χ0) is 17.9. The number of nitro benzene ring substituents is 1. The van der Waals surface area contributed by atoms with E-state index in [2.05, 4.69) is 0 Å². The Morgan fingerprint density at radius 1 is 1.42 bits per heavy atom. The van der Waals surface area contributed by atoms with Gasteiger partial charge in [-0.05, 0) is 18.9 Å². The zero-order valence-electron chi connectivity index (χ0n) is 13.6. The summed E-state index contributed by atoms with van der Waals surface area (Å²) in [6, 6.07) is 4.27. The third-order valence-electron chi connectivity index (χ3n) is 3.82. The van der Waals surface area contributed by atoms with Gasteiger partial charge in [0.25, 0.3) is 11.6 Å². The predicted molar refractivity (Wildman–Crippen MR) is 90.4 cm³/mol. The fraction of sp³-hybridized carbons (Fsp3) is 0.500. The Morgan fingerprint density at radius 2 is 2.12 bits per heavy atom. The summed E-state index contributed by atoms with van der Waals surface area (Å²) in [5.41, 5.74) is 0.132. The van der Waals surface area contributed by atoms with Gasteiger partial charge in [0.1, 0.15) is 0 Å². The van der Waals surface area contributed by atoms with Crippen LogP contribution in [0.4, 0.5) is 5.69 Å². The van der Waals surface area contributed by atoms with Gasteiger partial charge in [0.2, 0.25) is 0 Å². The molecule has 0 spiro atoms. The Kier molecular flexibility index (Phi) is 5.82. The summed E-state index contributed by atoms with van der Waals surface area (Å²) >= 11 is 1.46. The number of carboxylic acids is 1. The van der Waals surface area contributed by atoms with Crippen LogP contribution in [0.25, 0.3) is 0 Å². The molecule has 24 heavy (non-hydrogen) atoms. The standard InChI is InChI=1S/C16H20N2O5S/c1-10(2)24-14-6-5-12(18(22)23)8-13(14)15(19)17-7-3-4-11(9-17)16(20)21/h5-6,8,10-11H,3-4,7,9H2,1-2H3,(H,20,21). The summed E-state index contributed by atoms with van der Waals surface area (Å²) in [5, 5.41) is 20.4. The third-order valence-corrected chi connectivity index (χ3v) is 4.91. The quantitative estimate of drug-likeness (QED) is 0.496. The van der Waals surface area contributed by atoms with Crippen LogP contribution in [-0.4, -0.2) is 45.1 Å². The van der Waals surface area contributed by atoms with Gasteiger partial charge in [-0.15, -0.1) is 11.8 Å². The second-order valence-corrected chi connectivity index (χ2v) is 7.65. The molecule has 0 aromatic heterocycles. The maximum absolute atomic E-state index is 12.8. The smallest absolute Gasteiger partial charge is 0.308 e. The highest BCUT2D eigenvalue weighted by Gasteiger charge is 2.30. The molecule has 1 fully saturated rings. The average Bonchev–Trinajstić information content (AvgIpc) is 2.54. The number of amides is 1. The third kappa shape index (κ3) is 4.25. The molecule has 1 aromatic rings. The molecule has 0 bridgehead atoms. The van der Waals surface area contributed by atoms with Gasteiger partial charge in [0.05, 0.1) is 16.4 Å². The van der Waals surface area contributed by atoms with Gasteiger partial charge in [-0.2, -0.15) is 0 Å². The molecule has 1 aliphatic heterocycles. The summed E-state index contributed by atoms with van der Waals surface area (Å²) in [7, 11) is 0. The van der Waals surface area contributed by atoms with Gasteiger partial charge in [0, 0.05) is 35.4 Å². The van der Waals surface area contributed by atoms with Crippen molar-refractivity contribution in [1.29, 1.82) is 0 Å². The number of non-ortho nitro benzene ring substituents is 1. The van der Waals surface area contributed by atoms with Crippen molar-refractivity contribution in [2.45, 2.75) is 36.8 Å². The maximum atomic E-state index is 12.8. The molecule has 1 amide bonds. The second-order valence-electron chi connectivity index (χ2n) is 6.03. The van der Waals surface area contributed by atoms with Crippen LogP contribution in [0.3, 0.4) is 0 Å². The lowest BCUT2D eigenvalue weighted by Gasteiger charge is -2.31. The maximum Gasteiger partial charge on any atom is 0.308 e. The number of likely N-dealkylation sites (tertiary alicyclic amines) is 1. The molecule has 1 heterocycles. The summed E-state index contributed by atoms with van der Waals surface area (Å²) in [5.74, 6) is -1.83. The molecule has 1 unspecified atom stereocenters. The van der Waals surface area contributed by atoms with E-state index in [9.17, 15) is 19.7 Å². The van der Waals surface area contributed by atoms with E-state index >= 15 is 0 Å². The van der Waals surface area contributed by atoms with Crippen LogP contribution in [0.1, 0.15) is 37.0 Å². The van der Waals surface area contributed by atoms with Crippen LogP contribution in [0.2, 0.25) is 0 Å². The minimum Gasteiger partial charge on any atom is -0.481 e. The molecule has 1 aromatic carbocycles. The van der Waals surface area contributed by atoms with E-state index in [0.717, 1.165) is 0 Å². The summed E-state index contributed by atoms with van der Waals surface area (Å²) in [6.07, 6.45) is 1.16. The number of thioether (sulfide) groups is 1. The fourth-order valence-corrected chi connectivity index (χ4v) is 3.62. The van der Waals surface area contributed by atoms with Gasteiger partial charge in [0.15, 0.2) is 0 Å². The number of piperidine rings is 1. The number of aliphatic carboxylic acids is 1. The van der Waals surface area contributed by atoms with E-state index in [1.165, 1.54) is 28.8 Å². The van der Waals surface area contributed by atoms with Crippen molar-refractivity contribution < 1.29 is 19.6 Å². The normalized spacial score (nSPS) is 17.8. The second kappa shape index (κ2) is 7.65. The highest BCUT2D eigenvalue weighted by atomic mass is 32.2. The van der Waals surface area contributed by atoms with Gasteiger partial charge < -0.3 is 10.0 Å². The molecule has 1 N–H and O–H groups in total. The first kappa shape index (κ1) is 18.3. The van der Waals surface area contributed by atoms with Crippen LogP contribution in [-0.2, 0) is 4.79 Å². The number of carbonyl (C=O) groups excluding carboxylic acids is 1. The zero-order valence-corrected chi connectivity index (χ0v) is 14.4. The molecule has 1 saturated heterocycles. The number of carbonyl (C=O) groups is 2. The fourth-order valence-electron chi connectivity index (χ4n) is 2.69. The van der Waals surface area contributed by atoms with Crippen LogP contribution >= 0.6 is 11.8 Å². The lowest BCUT2D eigenvalue weighted by Crippen LogP contribution is -2.42. The summed E-state index contributed by atoms with van der Waals surface area (Å²) in [4.78, 5) is 36.7. The van der Waals surface area contributed by atoms with Crippen LogP contribution in [0.15, 0.2) is 23.1 Å². The average molecular weight is 352 g/mol. The minimum absolute atomic E-state index is 0.141. The minimum atomic E-state index is -0.914. The van der Waals surface area contributed by atoms with Gasteiger partial charge in [-0.3, -0.25) is 19.7 Å². The lowest BCUT2D eigenvalue weighted by molar-refractivity contribution is -0.384. The van der Waals surface area contributed by atoms with E-state index in [-0.39, 0.29) is 29.0 Å². The van der Waals surface area contributed by atoms with Crippen molar-refractivity contribution in [2.75, 3.05) is 13.1 Å². The topological polar surface area (TPSA) is 101 Å². The van der Waals surface area contributed by atoms with E-state index in [1.807, 2.05) is 13.8 Å².